The molecule has 3 nitrogen and oxygen atoms in total. The standard InChI is InChI=1S/C24H25N3S/c1-2-9-20-19(7-1)8-5-11-22(20)27-17-15-26(16-18-27)14-6-13-24-25-21-10-3-4-12-23(21)28-24/h1-5,7-12H,6,13-18H2. The molecule has 0 amide bonds. The molecule has 4 heteroatoms. The van der Waals surface area contributed by atoms with Crippen molar-refractivity contribution in [3.8, 4) is 0 Å². The number of aromatic nitrogens is 1. The zero-order valence-corrected chi connectivity index (χ0v) is 16.9. The van der Waals surface area contributed by atoms with Gasteiger partial charge in [0, 0.05) is 43.7 Å². The molecule has 1 aliphatic rings. The van der Waals surface area contributed by atoms with Gasteiger partial charge in [-0.05, 0) is 36.6 Å². The number of thiazole rings is 1. The van der Waals surface area contributed by atoms with Crippen LogP contribution in [0.1, 0.15) is 11.4 Å². The lowest BCUT2D eigenvalue weighted by molar-refractivity contribution is 0.255. The highest BCUT2D eigenvalue weighted by molar-refractivity contribution is 7.18. The van der Waals surface area contributed by atoms with E-state index >= 15 is 0 Å². The third-order valence-electron chi connectivity index (χ3n) is 5.68. The number of fused-ring (bicyclic) bond motifs is 2. The molecular formula is C24H25N3S. The van der Waals surface area contributed by atoms with E-state index in [9.17, 15) is 0 Å². The third kappa shape index (κ3) is 3.62. The molecule has 0 radical (unpaired) electrons. The van der Waals surface area contributed by atoms with Crippen LogP contribution in [0.5, 0.6) is 0 Å². The van der Waals surface area contributed by atoms with Crippen molar-refractivity contribution in [3.05, 3.63) is 71.7 Å². The number of para-hydroxylation sites is 1. The van der Waals surface area contributed by atoms with Crippen LogP contribution in [0.25, 0.3) is 21.0 Å². The van der Waals surface area contributed by atoms with Crippen LogP contribution in [0.15, 0.2) is 66.7 Å². The summed E-state index contributed by atoms with van der Waals surface area (Å²) in [6.07, 6.45) is 2.27. The largest absolute Gasteiger partial charge is 0.368 e. The van der Waals surface area contributed by atoms with Gasteiger partial charge in [0.1, 0.15) is 0 Å². The Morgan fingerprint density at radius 3 is 2.50 bits per heavy atom. The van der Waals surface area contributed by atoms with Crippen molar-refractivity contribution in [2.45, 2.75) is 12.8 Å². The molecule has 2 heterocycles. The normalized spacial score (nSPS) is 15.5. The van der Waals surface area contributed by atoms with Crippen LogP contribution in [0.4, 0.5) is 5.69 Å². The lowest BCUT2D eigenvalue weighted by Gasteiger charge is -2.36. The predicted octanol–water partition coefficient (Wildman–Crippen LogP) is 5.20. The molecule has 0 N–H and O–H groups in total. The average molecular weight is 388 g/mol. The summed E-state index contributed by atoms with van der Waals surface area (Å²) in [7, 11) is 0. The summed E-state index contributed by atoms with van der Waals surface area (Å²) in [4.78, 5) is 9.92. The van der Waals surface area contributed by atoms with Crippen molar-refractivity contribution in [1.29, 1.82) is 0 Å². The van der Waals surface area contributed by atoms with Gasteiger partial charge in [-0.2, -0.15) is 0 Å². The molecular weight excluding hydrogens is 362 g/mol. The molecule has 0 saturated carbocycles. The molecule has 0 unspecified atom stereocenters. The van der Waals surface area contributed by atoms with Gasteiger partial charge < -0.3 is 4.90 Å². The highest BCUT2D eigenvalue weighted by Gasteiger charge is 2.18. The maximum Gasteiger partial charge on any atom is 0.0939 e. The Balaban J connectivity index is 1.16. The van der Waals surface area contributed by atoms with E-state index in [-0.39, 0.29) is 0 Å². The van der Waals surface area contributed by atoms with Crippen molar-refractivity contribution in [2.75, 3.05) is 37.6 Å². The average Bonchev–Trinajstić information content (AvgIpc) is 3.17. The molecule has 3 aromatic carbocycles. The van der Waals surface area contributed by atoms with Crippen molar-refractivity contribution >= 4 is 38.0 Å². The summed E-state index contributed by atoms with van der Waals surface area (Å²) in [6, 6.07) is 23.8. The molecule has 142 valence electrons. The van der Waals surface area contributed by atoms with E-state index in [0.717, 1.165) is 38.1 Å². The van der Waals surface area contributed by atoms with E-state index in [0.29, 0.717) is 0 Å². The third-order valence-corrected chi connectivity index (χ3v) is 6.78. The number of anilines is 1. The lowest BCUT2D eigenvalue weighted by Crippen LogP contribution is -2.46. The first kappa shape index (κ1) is 17.7. The van der Waals surface area contributed by atoms with Crippen molar-refractivity contribution in [3.63, 3.8) is 0 Å². The SMILES string of the molecule is c1ccc2c(N3CCN(CCCc4nc5ccccc5s4)CC3)cccc2c1. The minimum atomic E-state index is 1.09. The van der Waals surface area contributed by atoms with Gasteiger partial charge in [0.05, 0.1) is 15.2 Å². The monoisotopic (exact) mass is 387 g/mol. The fourth-order valence-electron chi connectivity index (χ4n) is 4.18. The molecule has 28 heavy (non-hydrogen) atoms. The van der Waals surface area contributed by atoms with E-state index < -0.39 is 0 Å². The van der Waals surface area contributed by atoms with Gasteiger partial charge in [-0.1, -0.05) is 48.5 Å². The molecule has 1 aromatic heterocycles. The number of aryl methyl sites for hydroxylation is 1. The molecule has 0 atom stereocenters. The Hall–Kier alpha value is -2.43. The molecule has 1 fully saturated rings. The Labute approximate surface area is 170 Å². The second-order valence-corrected chi connectivity index (χ2v) is 8.62. The quantitative estimate of drug-likeness (QED) is 0.469. The van der Waals surface area contributed by atoms with Crippen LogP contribution in [-0.4, -0.2) is 42.6 Å². The molecule has 0 spiro atoms. The highest BCUT2D eigenvalue weighted by Crippen LogP contribution is 2.27. The van der Waals surface area contributed by atoms with Crippen LogP contribution in [0.2, 0.25) is 0 Å². The first-order valence-corrected chi connectivity index (χ1v) is 11.0. The molecule has 1 aliphatic heterocycles. The second-order valence-electron chi connectivity index (χ2n) is 7.51. The zero-order valence-electron chi connectivity index (χ0n) is 16.1. The second kappa shape index (κ2) is 7.90. The smallest absolute Gasteiger partial charge is 0.0939 e. The van der Waals surface area contributed by atoms with Crippen LogP contribution in [-0.2, 0) is 6.42 Å². The van der Waals surface area contributed by atoms with Crippen molar-refractivity contribution in [1.82, 2.24) is 9.88 Å². The first-order chi connectivity index (χ1) is 13.9. The zero-order chi connectivity index (χ0) is 18.8. The van der Waals surface area contributed by atoms with E-state index in [1.807, 2.05) is 11.3 Å². The summed E-state index contributed by atoms with van der Waals surface area (Å²) in [6.45, 7) is 5.66. The summed E-state index contributed by atoms with van der Waals surface area (Å²) in [5.74, 6) is 0. The Morgan fingerprint density at radius 1 is 0.821 bits per heavy atom. The summed E-state index contributed by atoms with van der Waals surface area (Å²) in [5, 5.41) is 3.98. The van der Waals surface area contributed by atoms with E-state index in [4.69, 9.17) is 4.98 Å². The number of rotatable bonds is 5. The van der Waals surface area contributed by atoms with Crippen LogP contribution >= 0.6 is 11.3 Å². The molecule has 0 aliphatic carbocycles. The first-order valence-electron chi connectivity index (χ1n) is 10.2. The van der Waals surface area contributed by atoms with Gasteiger partial charge in [0.2, 0.25) is 0 Å². The molecule has 5 rings (SSSR count). The maximum atomic E-state index is 4.77. The van der Waals surface area contributed by atoms with Crippen molar-refractivity contribution in [2.24, 2.45) is 0 Å². The van der Waals surface area contributed by atoms with Crippen LogP contribution in [0, 0.1) is 0 Å². The fourth-order valence-corrected chi connectivity index (χ4v) is 5.19. The Morgan fingerprint density at radius 2 is 1.61 bits per heavy atom. The number of piperazine rings is 1. The number of hydrogen-bond donors (Lipinski definition) is 0. The van der Waals surface area contributed by atoms with Gasteiger partial charge in [0.25, 0.3) is 0 Å². The van der Waals surface area contributed by atoms with Crippen LogP contribution in [0.3, 0.4) is 0 Å². The predicted molar refractivity (Wildman–Crippen MR) is 121 cm³/mol. The van der Waals surface area contributed by atoms with E-state index in [1.165, 1.54) is 39.1 Å². The van der Waals surface area contributed by atoms with Gasteiger partial charge in [-0.3, -0.25) is 4.90 Å². The lowest BCUT2D eigenvalue weighted by atomic mass is 10.1. The van der Waals surface area contributed by atoms with Crippen molar-refractivity contribution < 1.29 is 0 Å². The summed E-state index contributed by atoms with van der Waals surface area (Å²) >= 11 is 1.84. The minimum absolute atomic E-state index is 1.09. The molecule has 1 saturated heterocycles. The van der Waals surface area contributed by atoms with Gasteiger partial charge in [-0.25, -0.2) is 4.98 Å². The van der Waals surface area contributed by atoms with Gasteiger partial charge >= 0.3 is 0 Å². The maximum absolute atomic E-state index is 4.77. The topological polar surface area (TPSA) is 19.4 Å². The van der Waals surface area contributed by atoms with Crippen LogP contribution < -0.4 is 4.90 Å². The summed E-state index contributed by atoms with van der Waals surface area (Å²) < 4.78 is 1.31. The number of hydrogen-bond acceptors (Lipinski definition) is 4. The minimum Gasteiger partial charge on any atom is -0.368 e. The Kier molecular flexibility index (Phi) is 4.98. The highest BCUT2D eigenvalue weighted by atomic mass is 32.1. The van der Waals surface area contributed by atoms with Gasteiger partial charge in [0.15, 0.2) is 0 Å². The molecule has 0 bridgehead atoms. The number of benzene rings is 3. The van der Waals surface area contributed by atoms with Gasteiger partial charge in [-0.15, -0.1) is 11.3 Å². The van der Waals surface area contributed by atoms with E-state index in [2.05, 4.69) is 76.5 Å². The molecule has 4 aromatic rings. The number of nitrogens with zero attached hydrogens (tertiary/aromatic N) is 3. The summed E-state index contributed by atoms with van der Waals surface area (Å²) in [5.41, 5.74) is 2.53. The van der Waals surface area contributed by atoms with E-state index in [1.54, 1.807) is 0 Å². The Bertz CT molecular complexity index is 1040. The fraction of sp³-hybridized carbons (Fsp3) is 0.292.